The smallest absolute Gasteiger partial charge is 0.267 e. The molecule has 1 heterocycles. The molecule has 0 aliphatic carbocycles. The van der Waals surface area contributed by atoms with Crippen molar-refractivity contribution in [3.8, 4) is 23.5 Å². The van der Waals surface area contributed by atoms with Crippen LogP contribution < -0.4 is 0 Å². The van der Waals surface area contributed by atoms with Crippen molar-refractivity contribution in [1.82, 2.24) is 10.1 Å². The molecule has 0 fully saturated rings. The van der Waals surface area contributed by atoms with Crippen LogP contribution in [0.4, 0.5) is 0 Å². The first-order valence-corrected chi connectivity index (χ1v) is 5.62. The van der Waals surface area contributed by atoms with Crippen molar-refractivity contribution in [2.24, 2.45) is 5.16 Å². The van der Waals surface area contributed by atoms with Gasteiger partial charge in [0.25, 0.3) is 11.6 Å². The number of nitriles is 2. The highest BCUT2D eigenvalue weighted by atomic mass is 16.6. The van der Waals surface area contributed by atoms with Crippen LogP contribution in [-0.4, -0.2) is 15.9 Å². The molecule has 0 saturated heterocycles. The van der Waals surface area contributed by atoms with Gasteiger partial charge in [-0.2, -0.15) is 15.5 Å². The first-order valence-electron chi connectivity index (χ1n) is 5.62. The number of rotatable bonds is 4. The van der Waals surface area contributed by atoms with Crippen LogP contribution in [0.25, 0.3) is 11.4 Å². The lowest BCUT2D eigenvalue weighted by molar-refractivity contribution is 0.106. The highest BCUT2D eigenvalue weighted by Gasteiger charge is 2.08. The van der Waals surface area contributed by atoms with Crippen LogP contribution in [-0.2, 0) is 11.4 Å². The van der Waals surface area contributed by atoms with Crippen molar-refractivity contribution in [3.05, 3.63) is 35.7 Å². The van der Waals surface area contributed by atoms with Gasteiger partial charge in [0.15, 0.2) is 6.61 Å². The highest BCUT2D eigenvalue weighted by Crippen LogP contribution is 2.16. The van der Waals surface area contributed by atoms with Gasteiger partial charge in [0.1, 0.15) is 12.1 Å². The molecule has 7 nitrogen and oxygen atoms in total. The van der Waals surface area contributed by atoms with Crippen molar-refractivity contribution >= 4 is 5.71 Å². The minimum Gasteiger partial charge on any atom is -0.384 e. The molecule has 0 spiro atoms. The summed E-state index contributed by atoms with van der Waals surface area (Å²) in [5, 5.41) is 24.1. The number of hydrogen-bond acceptors (Lipinski definition) is 7. The monoisotopic (exact) mass is 267 g/mol. The predicted octanol–water partition coefficient (Wildman–Crippen LogP) is 1.96. The third kappa shape index (κ3) is 3.18. The lowest BCUT2D eigenvalue weighted by Gasteiger charge is -1.94. The van der Waals surface area contributed by atoms with E-state index < -0.39 is 0 Å². The van der Waals surface area contributed by atoms with E-state index in [1.807, 2.05) is 31.2 Å². The molecule has 0 amide bonds. The lowest BCUT2D eigenvalue weighted by Crippen LogP contribution is -1.93. The molecule has 0 N–H and O–H groups in total. The van der Waals surface area contributed by atoms with E-state index in [1.165, 1.54) is 0 Å². The summed E-state index contributed by atoms with van der Waals surface area (Å²) in [6.45, 7) is 1.88. The molecular weight excluding hydrogens is 258 g/mol. The van der Waals surface area contributed by atoms with Gasteiger partial charge >= 0.3 is 0 Å². The van der Waals surface area contributed by atoms with Crippen LogP contribution in [0.3, 0.4) is 0 Å². The van der Waals surface area contributed by atoms with E-state index in [2.05, 4.69) is 15.3 Å². The van der Waals surface area contributed by atoms with Crippen molar-refractivity contribution in [3.63, 3.8) is 0 Å². The van der Waals surface area contributed by atoms with Crippen molar-refractivity contribution in [2.45, 2.75) is 13.5 Å². The first kappa shape index (κ1) is 13.2. The second-order valence-electron chi connectivity index (χ2n) is 3.81. The Hall–Kier alpha value is -3.19. The lowest BCUT2D eigenvalue weighted by atomic mass is 10.1. The molecule has 0 bridgehead atoms. The van der Waals surface area contributed by atoms with Crippen LogP contribution in [0.15, 0.2) is 33.9 Å². The zero-order valence-corrected chi connectivity index (χ0v) is 10.6. The van der Waals surface area contributed by atoms with Crippen molar-refractivity contribution in [2.75, 3.05) is 0 Å². The number of hydrogen-bond donors (Lipinski definition) is 0. The fraction of sp³-hybridized carbons (Fsp3) is 0.154. The molecule has 0 aliphatic heterocycles. The van der Waals surface area contributed by atoms with Crippen LogP contribution >= 0.6 is 0 Å². The molecule has 20 heavy (non-hydrogen) atoms. The molecule has 2 aromatic rings. The van der Waals surface area contributed by atoms with E-state index in [0.717, 1.165) is 11.1 Å². The van der Waals surface area contributed by atoms with E-state index >= 15 is 0 Å². The number of aromatic nitrogens is 2. The summed E-state index contributed by atoms with van der Waals surface area (Å²) < 4.78 is 4.98. The van der Waals surface area contributed by atoms with Gasteiger partial charge in [-0.25, -0.2) is 0 Å². The number of oxime groups is 1. The predicted molar refractivity (Wildman–Crippen MR) is 67.9 cm³/mol. The molecule has 0 saturated carbocycles. The molecule has 1 aromatic carbocycles. The summed E-state index contributed by atoms with van der Waals surface area (Å²) in [6, 6.07) is 10.8. The van der Waals surface area contributed by atoms with E-state index in [0.29, 0.717) is 5.82 Å². The van der Waals surface area contributed by atoms with Crippen LogP contribution in [0.2, 0.25) is 0 Å². The number of aryl methyl sites for hydroxylation is 1. The first-order chi connectivity index (χ1) is 9.72. The standard InChI is InChI=1S/C13H9N5O2/c1-9-2-4-10(5-3-9)13-16-12(20-18-13)8-19-17-11(6-14)7-15/h2-5H,8H2,1H3. The highest BCUT2D eigenvalue weighted by molar-refractivity contribution is 6.09. The van der Waals surface area contributed by atoms with Crippen molar-refractivity contribution < 1.29 is 9.36 Å². The van der Waals surface area contributed by atoms with Gasteiger partial charge in [-0.05, 0) is 6.92 Å². The zero-order chi connectivity index (χ0) is 14.4. The zero-order valence-electron chi connectivity index (χ0n) is 10.6. The van der Waals surface area contributed by atoms with E-state index in [-0.39, 0.29) is 18.2 Å². The molecule has 0 radical (unpaired) electrons. The minimum atomic E-state index is -0.372. The third-order valence-electron chi connectivity index (χ3n) is 2.33. The third-order valence-corrected chi connectivity index (χ3v) is 2.33. The van der Waals surface area contributed by atoms with Crippen LogP contribution in [0, 0.1) is 29.6 Å². The summed E-state index contributed by atoms with van der Waals surface area (Å²) in [5.41, 5.74) is 1.59. The van der Waals surface area contributed by atoms with E-state index in [9.17, 15) is 0 Å². The molecule has 0 atom stereocenters. The fourth-order valence-corrected chi connectivity index (χ4v) is 1.35. The summed E-state index contributed by atoms with van der Waals surface area (Å²) in [4.78, 5) is 8.90. The van der Waals surface area contributed by atoms with Crippen LogP contribution in [0.5, 0.6) is 0 Å². The van der Waals surface area contributed by atoms with Gasteiger partial charge < -0.3 is 9.36 Å². The average Bonchev–Trinajstić information content (AvgIpc) is 2.93. The molecule has 2 rings (SSSR count). The molecule has 0 aliphatic rings. The van der Waals surface area contributed by atoms with Crippen molar-refractivity contribution in [1.29, 1.82) is 10.5 Å². The normalized spacial score (nSPS) is 9.35. The topological polar surface area (TPSA) is 108 Å². The summed E-state index contributed by atoms with van der Waals surface area (Å²) in [6.07, 6.45) is 0. The second-order valence-corrected chi connectivity index (χ2v) is 3.81. The SMILES string of the molecule is Cc1ccc(-c2noc(CON=C(C#N)C#N)n2)cc1. The summed E-state index contributed by atoms with van der Waals surface area (Å²) in [5.74, 6) is 0.646. The Morgan fingerprint density at radius 2 is 2.00 bits per heavy atom. The maximum Gasteiger partial charge on any atom is 0.267 e. The van der Waals surface area contributed by atoms with Gasteiger partial charge in [-0.3, -0.25) is 0 Å². The maximum absolute atomic E-state index is 8.46. The van der Waals surface area contributed by atoms with Gasteiger partial charge in [0.05, 0.1) is 0 Å². The minimum absolute atomic E-state index is 0.105. The number of benzene rings is 1. The fourth-order valence-electron chi connectivity index (χ4n) is 1.35. The average molecular weight is 267 g/mol. The van der Waals surface area contributed by atoms with Gasteiger partial charge in [0, 0.05) is 5.56 Å². The number of nitrogens with zero attached hydrogens (tertiary/aromatic N) is 5. The Balaban J connectivity index is 2.03. The molecule has 1 aromatic heterocycles. The van der Waals surface area contributed by atoms with Gasteiger partial charge in [-0.1, -0.05) is 40.1 Å². The Labute approximate surface area is 114 Å². The quantitative estimate of drug-likeness (QED) is 0.618. The Morgan fingerprint density at radius 1 is 1.30 bits per heavy atom. The molecular formula is C13H9N5O2. The van der Waals surface area contributed by atoms with E-state index in [1.54, 1.807) is 12.1 Å². The Kier molecular flexibility index (Phi) is 4.05. The molecule has 7 heteroatoms. The Morgan fingerprint density at radius 3 is 2.65 bits per heavy atom. The molecule has 98 valence electrons. The summed E-state index contributed by atoms with van der Waals surface area (Å²) in [7, 11) is 0. The second kappa shape index (κ2) is 6.12. The Bertz CT molecular complexity index is 688. The maximum atomic E-state index is 8.46. The summed E-state index contributed by atoms with van der Waals surface area (Å²) >= 11 is 0. The van der Waals surface area contributed by atoms with Gasteiger partial charge in [0.2, 0.25) is 5.82 Å². The largest absolute Gasteiger partial charge is 0.384 e. The van der Waals surface area contributed by atoms with Gasteiger partial charge in [-0.15, -0.1) is 0 Å². The van der Waals surface area contributed by atoms with E-state index in [4.69, 9.17) is 19.9 Å². The van der Waals surface area contributed by atoms with Crippen LogP contribution in [0.1, 0.15) is 11.5 Å². The molecule has 0 unspecified atom stereocenters.